The summed E-state index contributed by atoms with van der Waals surface area (Å²) in [4.78, 5) is 10.9. The van der Waals surface area contributed by atoms with E-state index in [1.54, 1.807) is 14.0 Å². The van der Waals surface area contributed by atoms with Crippen molar-refractivity contribution in [3.05, 3.63) is 0 Å². The third kappa shape index (κ3) is 8.35. The number of carbonyl (C=O) groups excluding carboxylic acids is 1. The molecule has 0 aliphatic heterocycles. The average molecular weight is 220 g/mol. The summed E-state index contributed by atoms with van der Waals surface area (Å²) in [6, 6.07) is 0. The zero-order chi connectivity index (χ0) is 11.5. The van der Waals surface area contributed by atoms with Crippen molar-refractivity contribution >= 4 is 5.97 Å². The molecular formula is C10H20O5. The monoisotopic (exact) mass is 220 g/mol. The van der Waals surface area contributed by atoms with Gasteiger partial charge in [-0.05, 0) is 13.3 Å². The molecule has 0 fully saturated rings. The highest BCUT2D eigenvalue weighted by Gasteiger charge is 2.12. The minimum absolute atomic E-state index is 0.352. The molecule has 15 heavy (non-hydrogen) atoms. The Morgan fingerprint density at radius 2 is 1.87 bits per heavy atom. The van der Waals surface area contributed by atoms with Gasteiger partial charge in [0.2, 0.25) is 0 Å². The van der Waals surface area contributed by atoms with Gasteiger partial charge < -0.3 is 18.9 Å². The SMILES string of the molecule is COCCOCCCO[C@H](C)C(=O)OC. The number of ether oxygens (including phenoxy) is 4. The number of carbonyl (C=O) groups is 1. The molecule has 0 radical (unpaired) electrons. The first kappa shape index (κ1) is 14.3. The molecule has 0 saturated heterocycles. The van der Waals surface area contributed by atoms with E-state index >= 15 is 0 Å². The second-order valence-electron chi connectivity index (χ2n) is 2.99. The zero-order valence-corrected chi connectivity index (χ0v) is 9.65. The van der Waals surface area contributed by atoms with E-state index in [0.29, 0.717) is 26.4 Å². The summed E-state index contributed by atoms with van der Waals surface area (Å²) in [7, 11) is 2.97. The Hall–Kier alpha value is -0.650. The first-order chi connectivity index (χ1) is 7.22. The molecule has 0 heterocycles. The van der Waals surface area contributed by atoms with Gasteiger partial charge in [-0.25, -0.2) is 4.79 Å². The third-order valence-corrected chi connectivity index (χ3v) is 1.77. The topological polar surface area (TPSA) is 54.0 Å². The lowest BCUT2D eigenvalue weighted by molar-refractivity contribution is -0.153. The first-order valence-corrected chi connectivity index (χ1v) is 4.98. The minimum atomic E-state index is -0.506. The van der Waals surface area contributed by atoms with Crippen molar-refractivity contribution in [1.82, 2.24) is 0 Å². The maximum Gasteiger partial charge on any atom is 0.334 e. The zero-order valence-electron chi connectivity index (χ0n) is 9.65. The summed E-state index contributed by atoms with van der Waals surface area (Å²) in [5, 5.41) is 0. The molecule has 0 aliphatic carbocycles. The summed E-state index contributed by atoms with van der Waals surface area (Å²) in [5.41, 5.74) is 0. The lowest BCUT2D eigenvalue weighted by atomic mass is 10.4. The van der Waals surface area contributed by atoms with Crippen LogP contribution in [0.4, 0.5) is 0 Å². The van der Waals surface area contributed by atoms with Crippen LogP contribution in [0.2, 0.25) is 0 Å². The van der Waals surface area contributed by atoms with E-state index in [-0.39, 0.29) is 5.97 Å². The second-order valence-corrected chi connectivity index (χ2v) is 2.99. The van der Waals surface area contributed by atoms with Gasteiger partial charge in [0.15, 0.2) is 6.10 Å². The van der Waals surface area contributed by atoms with E-state index < -0.39 is 6.10 Å². The Labute approximate surface area is 90.6 Å². The summed E-state index contributed by atoms with van der Waals surface area (Å²) >= 11 is 0. The van der Waals surface area contributed by atoms with Crippen LogP contribution in [0.15, 0.2) is 0 Å². The van der Waals surface area contributed by atoms with Gasteiger partial charge in [-0.2, -0.15) is 0 Å². The van der Waals surface area contributed by atoms with Crippen molar-refractivity contribution in [2.75, 3.05) is 40.6 Å². The molecule has 0 bridgehead atoms. The fourth-order valence-electron chi connectivity index (χ4n) is 0.899. The molecule has 0 aromatic carbocycles. The molecule has 1 atom stereocenters. The molecule has 5 heteroatoms. The van der Waals surface area contributed by atoms with E-state index in [1.165, 1.54) is 7.11 Å². The minimum Gasteiger partial charge on any atom is -0.467 e. The number of esters is 1. The lowest BCUT2D eigenvalue weighted by Crippen LogP contribution is -2.22. The Bertz CT molecular complexity index is 160. The van der Waals surface area contributed by atoms with Crippen molar-refractivity contribution in [1.29, 1.82) is 0 Å². The van der Waals surface area contributed by atoms with E-state index in [0.717, 1.165) is 6.42 Å². The van der Waals surface area contributed by atoms with Crippen LogP contribution in [0.1, 0.15) is 13.3 Å². The summed E-state index contributed by atoms with van der Waals surface area (Å²) < 4.78 is 19.8. The largest absolute Gasteiger partial charge is 0.467 e. The van der Waals surface area contributed by atoms with Crippen LogP contribution in [0.25, 0.3) is 0 Å². The van der Waals surface area contributed by atoms with Crippen LogP contribution in [0.5, 0.6) is 0 Å². The van der Waals surface area contributed by atoms with Gasteiger partial charge in [-0.3, -0.25) is 0 Å². The molecule has 0 unspecified atom stereocenters. The molecule has 0 aliphatic rings. The quantitative estimate of drug-likeness (QED) is 0.421. The van der Waals surface area contributed by atoms with E-state index in [4.69, 9.17) is 14.2 Å². The van der Waals surface area contributed by atoms with Gasteiger partial charge in [-0.1, -0.05) is 0 Å². The highest BCUT2D eigenvalue weighted by atomic mass is 16.6. The van der Waals surface area contributed by atoms with Crippen LogP contribution < -0.4 is 0 Å². The fraction of sp³-hybridized carbons (Fsp3) is 0.900. The molecule has 0 saturated carbocycles. The standard InChI is InChI=1S/C10H20O5/c1-9(10(11)13-3)15-6-4-5-14-8-7-12-2/h9H,4-8H2,1-3H3/t9-/m1/s1. The van der Waals surface area contributed by atoms with Crippen LogP contribution in [0.3, 0.4) is 0 Å². The number of methoxy groups -OCH3 is 2. The molecule has 0 aromatic heterocycles. The van der Waals surface area contributed by atoms with Crippen LogP contribution >= 0.6 is 0 Å². The van der Waals surface area contributed by atoms with Gasteiger partial charge in [0.1, 0.15) is 0 Å². The molecule has 0 N–H and O–H groups in total. The predicted molar refractivity (Wildman–Crippen MR) is 54.7 cm³/mol. The summed E-state index contributed by atoms with van der Waals surface area (Å²) in [6.07, 6.45) is 0.249. The maximum atomic E-state index is 10.9. The summed E-state index contributed by atoms with van der Waals surface area (Å²) in [6.45, 7) is 3.95. The van der Waals surface area contributed by atoms with Crippen LogP contribution in [-0.2, 0) is 23.7 Å². The predicted octanol–water partition coefficient (Wildman–Crippen LogP) is 0.618. The maximum absolute atomic E-state index is 10.9. The smallest absolute Gasteiger partial charge is 0.334 e. The van der Waals surface area contributed by atoms with Gasteiger partial charge in [0.25, 0.3) is 0 Å². The van der Waals surface area contributed by atoms with Crippen LogP contribution in [-0.4, -0.2) is 52.7 Å². The van der Waals surface area contributed by atoms with Crippen molar-refractivity contribution in [3.63, 3.8) is 0 Å². The average Bonchev–Trinajstić information content (AvgIpc) is 2.26. The van der Waals surface area contributed by atoms with Crippen molar-refractivity contribution < 1.29 is 23.7 Å². The van der Waals surface area contributed by atoms with Gasteiger partial charge in [0, 0.05) is 20.3 Å². The highest BCUT2D eigenvalue weighted by molar-refractivity contribution is 5.73. The van der Waals surface area contributed by atoms with Crippen molar-refractivity contribution in [3.8, 4) is 0 Å². The summed E-state index contributed by atoms with van der Waals surface area (Å²) in [5.74, 6) is -0.352. The Morgan fingerprint density at radius 3 is 2.47 bits per heavy atom. The first-order valence-electron chi connectivity index (χ1n) is 4.98. The lowest BCUT2D eigenvalue weighted by Gasteiger charge is -2.10. The molecule has 0 spiro atoms. The number of hydrogen-bond acceptors (Lipinski definition) is 5. The Kier molecular flexibility index (Phi) is 9.46. The molecule has 5 nitrogen and oxygen atoms in total. The number of hydrogen-bond donors (Lipinski definition) is 0. The van der Waals surface area contributed by atoms with Gasteiger partial charge in [-0.15, -0.1) is 0 Å². The third-order valence-electron chi connectivity index (χ3n) is 1.77. The molecule has 90 valence electrons. The molecule has 0 amide bonds. The van der Waals surface area contributed by atoms with Crippen molar-refractivity contribution in [2.24, 2.45) is 0 Å². The van der Waals surface area contributed by atoms with E-state index in [1.807, 2.05) is 0 Å². The van der Waals surface area contributed by atoms with E-state index in [9.17, 15) is 4.79 Å². The van der Waals surface area contributed by atoms with Crippen molar-refractivity contribution in [2.45, 2.75) is 19.4 Å². The highest BCUT2D eigenvalue weighted by Crippen LogP contribution is 1.95. The van der Waals surface area contributed by atoms with Crippen LogP contribution in [0, 0.1) is 0 Å². The second kappa shape index (κ2) is 9.89. The molecular weight excluding hydrogens is 200 g/mol. The molecule has 0 aromatic rings. The molecule has 0 rings (SSSR count). The van der Waals surface area contributed by atoms with Gasteiger partial charge >= 0.3 is 5.97 Å². The fourth-order valence-corrected chi connectivity index (χ4v) is 0.899. The Morgan fingerprint density at radius 1 is 1.13 bits per heavy atom. The number of rotatable bonds is 9. The van der Waals surface area contributed by atoms with E-state index in [2.05, 4.69) is 4.74 Å². The van der Waals surface area contributed by atoms with Gasteiger partial charge in [0.05, 0.1) is 20.3 Å². The Balaban J connectivity index is 3.20. The normalized spacial score (nSPS) is 12.5.